The third kappa shape index (κ3) is 4.32. The summed E-state index contributed by atoms with van der Waals surface area (Å²) < 4.78 is 7.50. The number of oxazole rings is 1. The lowest BCUT2D eigenvalue weighted by Crippen LogP contribution is -2.35. The van der Waals surface area contributed by atoms with E-state index in [0.29, 0.717) is 25.3 Å². The molecule has 0 bridgehead atoms. The smallest absolute Gasteiger partial charge is 0.220 e. The molecule has 24 heavy (non-hydrogen) atoms. The van der Waals surface area contributed by atoms with E-state index in [1.807, 2.05) is 49.5 Å². The van der Waals surface area contributed by atoms with Crippen molar-refractivity contribution >= 4 is 5.91 Å². The van der Waals surface area contributed by atoms with Gasteiger partial charge in [-0.3, -0.25) is 9.48 Å². The van der Waals surface area contributed by atoms with Gasteiger partial charge in [-0.05, 0) is 13.0 Å². The molecule has 0 saturated carbocycles. The number of benzene rings is 1. The zero-order valence-electron chi connectivity index (χ0n) is 13.6. The average molecular weight is 324 g/mol. The van der Waals surface area contributed by atoms with Gasteiger partial charge in [-0.1, -0.05) is 30.3 Å². The summed E-state index contributed by atoms with van der Waals surface area (Å²) in [4.78, 5) is 16.3. The second-order valence-electron chi connectivity index (χ2n) is 5.68. The van der Waals surface area contributed by atoms with Gasteiger partial charge in [-0.15, -0.1) is 0 Å². The minimum Gasteiger partial charge on any atom is -0.441 e. The first-order chi connectivity index (χ1) is 11.7. The summed E-state index contributed by atoms with van der Waals surface area (Å²) in [5.74, 6) is 1.27. The molecule has 1 amide bonds. The Bertz CT molecular complexity index is 765. The van der Waals surface area contributed by atoms with Crippen molar-refractivity contribution < 1.29 is 9.21 Å². The van der Waals surface area contributed by atoms with E-state index in [1.165, 1.54) is 0 Å². The number of hydrogen-bond acceptors (Lipinski definition) is 4. The molecule has 0 radical (unpaired) electrons. The van der Waals surface area contributed by atoms with Gasteiger partial charge in [0.15, 0.2) is 11.7 Å². The third-order valence-corrected chi connectivity index (χ3v) is 3.61. The van der Waals surface area contributed by atoms with E-state index in [2.05, 4.69) is 15.4 Å². The lowest BCUT2D eigenvalue weighted by molar-refractivity contribution is -0.121. The van der Waals surface area contributed by atoms with Gasteiger partial charge in [-0.25, -0.2) is 4.98 Å². The Balaban J connectivity index is 1.47. The van der Waals surface area contributed by atoms with Crippen LogP contribution in [0.25, 0.3) is 11.3 Å². The molecule has 0 aliphatic rings. The van der Waals surface area contributed by atoms with Gasteiger partial charge >= 0.3 is 0 Å². The van der Waals surface area contributed by atoms with Gasteiger partial charge in [0.2, 0.25) is 5.91 Å². The first-order valence-corrected chi connectivity index (χ1v) is 7.97. The van der Waals surface area contributed by atoms with Crippen LogP contribution in [0.15, 0.2) is 59.4 Å². The van der Waals surface area contributed by atoms with Crippen molar-refractivity contribution in [3.05, 3.63) is 60.9 Å². The van der Waals surface area contributed by atoms with Gasteiger partial charge in [0.25, 0.3) is 0 Å². The SMILES string of the molecule is C[C@@H](Cn1cccn1)NC(=O)CCc1ncc(-c2ccccc2)o1. The van der Waals surface area contributed by atoms with Crippen molar-refractivity contribution in [1.82, 2.24) is 20.1 Å². The van der Waals surface area contributed by atoms with Crippen LogP contribution in [0, 0.1) is 0 Å². The molecule has 0 unspecified atom stereocenters. The summed E-state index contributed by atoms with van der Waals surface area (Å²) in [6.07, 6.45) is 6.12. The van der Waals surface area contributed by atoms with Crippen LogP contribution in [0.3, 0.4) is 0 Å². The summed E-state index contributed by atoms with van der Waals surface area (Å²) >= 11 is 0. The van der Waals surface area contributed by atoms with Crippen molar-refractivity contribution in [1.29, 1.82) is 0 Å². The second-order valence-corrected chi connectivity index (χ2v) is 5.68. The maximum absolute atomic E-state index is 12.0. The van der Waals surface area contributed by atoms with Crippen LogP contribution in [0.1, 0.15) is 19.2 Å². The fourth-order valence-electron chi connectivity index (χ4n) is 2.46. The molecular weight excluding hydrogens is 304 g/mol. The quantitative estimate of drug-likeness (QED) is 0.725. The van der Waals surface area contributed by atoms with Crippen LogP contribution in [0.2, 0.25) is 0 Å². The molecule has 6 nitrogen and oxygen atoms in total. The van der Waals surface area contributed by atoms with Gasteiger partial charge < -0.3 is 9.73 Å². The number of carbonyl (C=O) groups excluding carboxylic acids is 1. The molecule has 3 aromatic rings. The maximum Gasteiger partial charge on any atom is 0.220 e. The van der Waals surface area contributed by atoms with E-state index in [9.17, 15) is 4.79 Å². The summed E-state index contributed by atoms with van der Waals surface area (Å²) in [5.41, 5.74) is 0.980. The Morgan fingerprint density at radius 3 is 2.88 bits per heavy atom. The van der Waals surface area contributed by atoms with E-state index in [0.717, 1.165) is 11.3 Å². The van der Waals surface area contributed by atoms with E-state index < -0.39 is 0 Å². The first-order valence-electron chi connectivity index (χ1n) is 7.97. The Morgan fingerprint density at radius 2 is 2.12 bits per heavy atom. The normalized spacial score (nSPS) is 12.0. The fraction of sp³-hybridized carbons (Fsp3) is 0.278. The molecule has 0 fully saturated rings. The number of amides is 1. The van der Waals surface area contributed by atoms with Crippen molar-refractivity contribution in [3.63, 3.8) is 0 Å². The molecule has 1 atom stereocenters. The second kappa shape index (κ2) is 7.59. The number of hydrogen-bond donors (Lipinski definition) is 1. The number of aryl methyl sites for hydroxylation is 1. The zero-order valence-corrected chi connectivity index (χ0v) is 13.6. The van der Waals surface area contributed by atoms with Gasteiger partial charge in [-0.2, -0.15) is 5.10 Å². The van der Waals surface area contributed by atoms with E-state index >= 15 is 0 Å². The lowest BCUT2D eigenvalue weighted by atomic mass is 10.2. The summed E-state index contributed by atoms with van der Waals surface area (Å²) in [6.45, 7) is 2.61. The molecular formula is C18H20N4O2. The van der Waals surface area contributed by atoms with E-state index in [-0.39, 0.29) is 11.9 Å². The largest absolute Gasteiger partial charge is 0.441 e. The number of rotatable bonds is 7. The highest BCUT2D eigenvalue weighted by Gasteiger charge is 2.11. The first kappa shape index (κ1) is 16.0. The van der Waals surface area contributed by atoms with Crippen LogP contribution >= 0.6 is 0 Å². The number of aromatic nitrogens is 3. The monoisotopic (exact) mass is 324 g/mol. The molecule has 0 spiro atoms. The topological polar surface area (TPSA) is 73.0 Å². The van der Waals surface area contributed by atoms with Crippen molar-refractivity contribution in [3.8, 4) is 11.3 Å². The van der Waals surface area contributed by atoms with Crippen LogP contribution in [0.5, 0.6) is 0 Å². The minimum absolute atomic E-state index is 0.0156. The Labute approximate surface area is 140 Å². The predicted octanol–water partition coefficient (Wildman–Crippen LogP) is 2.68. The molecule has 2 aromatic heterocycles. The molecule has 0 saturated heterocycles. The van der Waals surface area contributed by atoms with Crippen LogP contribution in [-0.2, 0) is 17.8 Å². The molecule has 1 N–H and O–H groups in total. The summed E-state index contributed by atoms with van der Waals surface area (Å²) in [7, 11) is 0. The molecule has 124 valence electrons. The van der Waals surface area contributed by atoms with Crippen molar-refractivity contribution in [2.24, 2.45) is 0 Å². The Morgan fingerprint density at radius 1 is 1.29 bits per heavy atom. The van der Waals surface area contributed by atoms with Crippen LogP contribution in [-0.4, -0.2) is 26.7 Å². The molecule has 6 heteroatoms. The van der Waals surface area contributed by atoms with Crippen molar-refractivity contribution in [2.75, 3.05) is 0 Å². The van der Waals surface area contributed by atoms with Crippen LogP contribution < -0.4 is 5.32 Å². The maximum atomic E-state index is 12.0. The number of carbonyl (C=O) groups is 1. The molecule has 0 aliphatic heterocycles. The molecule has 0 aliphatic carbocycles. The third-order valence-electron chi connectivity index (χ3n) is 3.61. The number of nitrogens with zero attached hydrogens (tertiary/aromatic N) is 3. The molecule has 2 heterocycles. The van der Waals surface area contributed by atoms with E-state index in [4.69, 9.17) is 4.42 Å². The van der Waals surface area contributed by atoms with Gasteiger partial charge in [0.1, 0.15) is 0 Å². The summed E-state index contributed by atoms with van der Waals surface area (Å²) in [6, 6.07) is 11.7. The lowest BCUT2D eigenvalue weighted by Gasteiger charge is -2.13. The molecule has 1 aromatic carbocycles. The fourth-order valence-corrected chi connectivity index (χ4v) is 2.46. The predicted molar refractivity (Wildman–Crippen MR) is 90.1 cm³/mol. The van der Waals surface area contributed by atoms with Crippen molar-refractivity contribution in [2.45, 2.75) is 32.4 Å². The molecule has 3 rings (SSSR count). The Hall–Kier alpha value is -2.89. The number of nitrogens with one attached hydrogen (secondary N) is 1. The van der Waals surface area contributed by atoms with Gasteiger partial charge in [0, 0.05) is 36.8 Å². The standard InChI is InChI=1S/C18H20N4O2/c1-14(13-22-11-5-10-20-22)21-17(23)8-9-18-19-12-16(24-18)15-6-3-2-4-7-15/h2-7,10-12,14H,8-9,13H2,1H3,(H,21,23)/t14-/m0/s1. The van der Waals surface area contributed by atoms with Crippen LogP contribution in [0.4, 0.5) is 0 Å². The van der Waals surface area contributed by atoms with Gasteiger partial charge in [0.05, 0.1) is 12.7 Å². The summed E-state index contributed by atoms with van der Waals surface area (Å²) in [5, 5.41) is 7.09. The average Bonchev–Trinajstić information content (AvgIpc) is 3.25. The highest BCUT2D eigenvalue weighted by Crippen LogP contribution is 2.20. The van der Waals surface area contributed by atoms with E-state index in [1.54, 1.807) is 17.1 Å². The zero-order chi connectivity index (χ0) is 16.8. The highest BCUT2D eigenvalue weighted by atomic mass is 16.4. The highest BCUT2D eigenvalue weighted by molar-refractivity contribution is 5.76. The minimum atomic E-state index is -0.0193. The Kier molecular flexibility index (Phi) is 5.05.